The molecule has 1 atom stereocenters. The first-order valence-corrected chi connectivity index (χ1v) is 8.85. The molecule has 0 aromatic heterocycles. The fraction of sp³-hybridized carbons (Fsp3) is 0.632. The smallest absolute Gasteiger partial charge is 0.227 e. The molecule has 1 aromatic rings. The Morgan fingerprint density at radius 1 is 1.12 bits per heavy atom. The van der Waals surface area contributed by atoms with Crippen molar-refractivity contribution in [2.24, 2.45) is 5.92 Å². The number of methoxy groups -OCH3 is 2. The van der Waals surface area contributed by atoms with Gasteiger partial charge in [-0.2, -0.15) is 0 Å². The fourth-order valence-electron chi connectivity index (χ4n) is 3.53. The molecular weight excluding hydrogens is 304 g/mol. The lowest BCUT2D eigenvalue weighted by Gasteiger charge is -2.38. The average Bonchev–Trinajstić information content (AvgIpc) is 3.46. The van der Waals surface area contributed by atoms with Gasteiger partial charge in [0.25, 0.3) is 0 Å². The Morgan fingerprint density at radius 2 is 1.79 bits per heavy atom. The molecule has 0 spiro atoms. The van der Waals surface area contributed by atoms with Crippen LogP contribution in [0.1, 0.15) is 25.3 Å². The van der Waals surface area contributed by atoms with Gasteiger partial charge in [-0.15, -0.1) is 0 Å². The Morgan fingerprint density at radius 3 is 2.38 bits per heavy atom. The van der Waals surface area contributed by atoms with Crippen molar-refractivity contribution in [3.63, 3.8) is 0 Å². The number of carbonyl (C=O) groups is 1. The second-order valence-electron chi connectivity index (χ2n) is 6.86. The van der Waals surface area contributed by atoms with E-state index in [-0.39, 0.29) is 5.91 Å². The van der Waals surface area contributed by atoms with E-state index in [4.69, 9.17) is 9.47 Å². The number of ether oxygens (including phenoxy) is 2. The van der Waals surface area contributed by atoms with Gasteiger partial charge in [-0.1, -0.05) is 6.07 Å². The van der Waals surface area contributed by atoms with Crippen LogP contribution >= 0.6 is 0 Å². The Labute approximate surface area is 144 Å². The lowest BCUT2D eigenvalue weighted by molar-refractivity contribution is -0.132. The van der Waals surface area contributed by atoms with E-state index in [9.17, 15) is 4.79 Å². The van der Waals surface area contributed by atoms with Crippen molar-refractivity contribution in [1.82, 2.24) is 9.80 Å². The quantitative estimate of drug-likeness (QED) is 0.801. The van der Waals surface area contributed by atoms with Gasteiger partial charge in [-0.05, 0) is 43.4 Å². The Kier molecular flexibility index (Phi) is 5.29. The van der Waals surface area contributed by atoms with Crippen molar-refractivity contribution < 1.29 is 14.3 Å². The van der Waals surface area contributed by atoms with Crippen molar-refractivity contribution in [2.45, 2.75) is 32.2 Å². The maximum atomic E-state index is 12.6. The summed E-state index contributed by atoms with van der Waals surface area (Å²) < 4.78 is 10.6. The van der Waals surface area contributed by atoms with E-state index < -0.39 is 0 Å². The van der Waals surface area contributed by atoms with Crippen LogP contribution in [0, 0.1) is 5.92 Å². The van der Waals surface area contributed by atoms with Crippen LogP contribution < -0.4 is 9.47 Å². The normalized spacial score (nSPS) is 19.9. The van der Waals surface area contributed by atoms with Gasteiger partial charge in [0.15, 0.2) is 11.5 Å². The molecule has 1 aromatic carbocycles. The highest BCUT2D eigenvalue weighted by Crippen LogP contribution is 2.35. The summed E-state index contributed by atoms with van der Waals surface area (Å²) in [7, 11) is 3.23. The van der Waals surface area contributed by atoms with Crippen molar-refractivity contribution in [2.75, 3.05) is 40.4 Å². The zero-order valence-electron chi connectivity index (χ0n) is 15.0. The molecule has 5 nitrogen and oxygen atoms in total. The number of hydrogen-bond donors (Lipinski definition) is 0. The van der Waals surface area contributed by atoms with E-state index in [0.717, 1.165) is 37.7 Å². The molecule has 3 rings (SSSR count). The second-order valence-corrected chi connectivity index (χ2v) is 6.86. The molecule has 1 aliphatic carbocycles. The van der Waals surface area contributed by atoms with E-state index in [1.807, 2.05) is 23.1 Å². The van der Waals surface area contributed by atoms with Crippen LogP contribution in [-0.4, -0.2) is 62.1 Å². The lowest BCUT2D eigenvalue weighted by atomic mass is 10.1. The molecule has 5 heteroatoms. The molecule has 24 heavy (non-hydrogen) atoms. The number of carbonyl (C=O) groups excluding carboxylic acids is 1. The number of piperazine rings is 1. The van der Waals surface area contributed by atoms with Crippen molar-refractivity contribution in [3.8, 4) is 11.5 Å². The lowest BCUT2D eigenvalue weighted by Crippen LogP contribution is -2.52. The van der Waals surface area contributed by atoms with E-state index in [1.54, 1.807) is 14.2 Å². The van der Waals surface area contributed by atoms with Crippen LogP contribution in [-0.2, 0) is 11.2 Å². The highest BCUT2D eigenvalue weighted by Gasteiger charge is 2.33. The first-order valence-electron chi connectivity index (χ1n) is 8.85. The van der Waals surface area contributed by atoms with Gasteiger partial charge in [-0.25, -0.2) is 0 Å². The second kappa shape index (κ2) is 7.43. The minimum absolute atomic E-state index is 0.195. The van der Waals surface area contributed by atoms with Crippen molar-refractivity contribution >= 4 is 5.91 Å². The standard InChI is InChI=1S/C19H28N2O3/c1-14(16-5-6-16)20-8-10-21(11-9-20)19(22)13-15-4-7-17(23-2)18(12-15)24-3/h4,7,12,14,16H,5-6,8-11,13H2,1-3H3. The SMILES string of the molecule is COc1ccc(CC(=O)N2CCN(C(C)C3CC3)CC2)cc1OC. The van der Waals surface area contributed by atoms with Crippen LogP contribution in [0.15, 0.2) is 18.2 Å². The van der Waals surface area contributed by atoms with E-state index in [1.165, 1.54) is 12.8 Å². The maximum Gasteiger partial charge on any atom is 0.227 e. The van der Waals surface area contributed by atoms with Crippen LogP contribution in [0.25, 0.3) is 0 Å². The number of hydrogen-bond acceptors (Lipinski definition) is 4. The Balaban J connectivity index is 1.54. The third-order valence-electron chi connectivity index (χ3n) is 5.35. The summed E-state index contributed by atoms with van der Waals surface area (Å²) in [4.78, 5) is 17.1. The first kappa shape index (κ1) is 17.1. The molecular formula is C19H28N2O3. The van der Waals surface area contributed by atoms with Crippen LogP contribution in [0.2, 0.25) is 0 Å². The highest BCUT2D eigenvalue weighted by atomic mass is 16.5. The molecule has 0 N–H and O–H groups in total. The minimum atomic E-state index is 0.195. The van der Waals surface area contributed by atoms with Gasteiger partial charge in [0.2, 0.25) is 5.91 Å². The molecule has 1 heterocycles. The summed E-state index contributed by atoms with van der Waals surface area (Å²) in [6, 6.07) is 6.36. The minimum Gasteiger partial charge on any atom is -0.493 e. The molecule has 2 fully saturated rings. The number of rotatable bonds is 6. The fourth-order valence-corrected chi connectivity index (χ4v) is 3.53. The summed E-state index contributed by atoms with van der Waals surface area (Å²) >= 11 is 0. The molecule has 0 bridgehead atoms. The van der Waals surface area contributed by atoms with Gasteiger partial charge >= 0.3 is 0 Å². The zero-order chi connectivity index (χ0) is 17.1. The summed E-state index contributed by atoms with van der Waals surface area (Å²) in [6.45, 7) is 6.00. The van der Waals surface area contributed by atoms with E-state index in [0.29, 0.717) is 24.0 Å². The highest BCUT2D eigenvalue weighted by molar-refractivity contribution is 5.79. The van der Waals surface area contributed by atoms with Crippen LogP contribution in [0.4, 0.5) is 0 Å². The van der Waals surface area contributed by atoms with Crippen molar-refractivity contribution in [1.29, 1.82) is 0 Å². The third kappa shape index (κ3) is 3.83. The topological polar surface area (TPSA) is 42.0 Å². The predicted molar refractivity (Wildman–Crippen MR) is 93.6 cm³/mol. The molecule has 0 radical (unpaired) electrons. The van der Waals surface area contributed by atoms with Gasteiger partial charge in [0, 0.05) is 32.2 Å². The zero-order valence-corrected chi connectivity index (χ0v) is 15.0. The summed E-state index contributed by atoms with van der Waals surface area (Å²) in [5.74, 6) is 2.45. The van der Waals surface area contributed by atoms with E-state index in [2.05, 4.69) is 11.8 Å². The van der Waals surface area contributed by atoms with E-state index >= 15 is 0 Å². The number of benzene rings is 1. The average molecular weight is 332 g/mol. The van der Waals surface area contributed by atoms with Gasteiger partial charge in [0.1, 0.15) is 0 Å². The molecule has 1 saturated heterocycles. The van der Waals surface area contributed by atoms with Gasteiger partial charge in [-0.3, -0.25) is 9.69 Å². The van der Waals surface area contributed by atoms with Crippen LogP contribution in [0.3, 0.4) is 0 Å². The largest absolute Gasteiger partial charge is 0.493 e. The molecule has 2 aliphatic rings. The number of nitrogens with zero attached hydrogens (tertiary/aromatic N) is 2. The third-order valence-corrected chi connectivity index (χ3v) is 5.35. The summed E-state index contributed by atoms with van der Waals surface area (Å²) in [5, 5.41) is 0. The Bertz CT molecular complexity index is 578. The predicted octanol–water partition coefficient (Wildman–Crippen LogP) is 2.19. The monoisotopic (exact) mass is 332 g/mol. The first-order chi connectivity index (χ1) is 11.6. The molecule has 1 amide bonds. The van der Waals surface area contributed by atoms with Crippen LogP contribution in [0.5, 0.6) is 11.5 Å². The molecule has 1 saturated carbocycles. The summed E-state index contributed by atoms with van der Waals surface area (Å²) in [5.41, 5.74) is 0.964. The van der Waals surface area contributed by atoms with Gasteiger partial charge < -0.3 is 14.4 Å². The molecule has 132 valence electrons. The van der Waals surface area contributed by atoms with Gasteiger partial charge in [0.05, 0.1) is 20.6 Å². The molecule has 1 aliphatic heterocycles. The Hall–Kier alpha value is -1.75. The number of amides is 1. The molecule has 1 unspecified atom stereocenters. The van der Waals surface area contributed by atoms with Crippen molar-refractivity contribution in [3.05, 3.63) is 23.8 Å². The maximum absolute atomic E-state index is 12.6. The summed E-state index contributed by atoms with van der Waals surface area (Å²) in [6.07, 6.45) is 3.16.